The Bertz CT molecular complexity index is 337. The van der Waals surface area contributed by atoms with Crippen molar-refractivity contribution < 1.29 is 18.6 Å². The van der Waals surface area contributed by atoms with Crippen LogP contribution in [0.5, 0.6) is 5.75 Å². The minimum atomic E-state index is -3.19. The number of aryl methyl sites for hydroxylation is 1. The molecular formula is C11H14F2O2. The molecule has 84 valence electrons. The number of benzene rings is 1. The zero-order valence-electron chi connectivity index (χ0n) is 8.76. The van der Waals surface area contributed by atoms with E-state index in [-0.39, 0.29) is 5.56 Å². The highest BCUT2D eigenvalue weighted by atomic mass is 19.3. The number of aliphatic hydroxyl groups is 1. The minimum Gasteiger partial charge on any atom is -0.494 e. The summed E-state index contributed by atoms with van der Waals surface area (Å²) in [6, 6.07) is 4.31. The molecule has 0 aliphatic carbocycles. The van der Waals surface area contributed by atoms with Crippen molar-refractivity contribution in [3.8, 4) is 5.75 Å². The molecular weight excluding hydrogens is 202 g/mol. The van der Waals surface area contributed by atoms with Gasteiger partial charge in [0, 0.05) is 5.56 Å². The van der Waals surface area contributed by atoms with Crippen molar-refractivity contribution in [1.82, 2.24) is 0 Å². The van der Waals surface area contributed by atoms with Crippen LogP contribution in [0.25, 0.3) is 0 Å². The first-order valence-electron chi connectivity index (χ1n) is 4.74. The molecule has 15 heavy (non-hydrogen) atoms. The first-order valence-corrected chi connectivity index (χ1v) is 4.74. The third-order valence-corrected chi connectivity index (χ3v) is 2.10. The van der Waals surface area contributed by atoms with E-state index in [1.807, 2.05) is 6.92 Å². The summed E-state index contributed by atoms with van der Waals surface area (Å²) in [5.74, 6) is -2.62. The minimum absolute atomic E-state index is 0.159. The number of hydrogen-bond acceptors (Lipinski definition) is 2. The van der Waals surface area contributed by atoms with Crippen LogP contribution in [-0.4, -0.2) is 18.3 Å². The summed E-state index contributed by atoms with van der Waals surface area (Å²) in [5, 5.41) is 8.56. The molecule has 1 aromatic carbocycles. The number of hydrogen-bond donors (Lipinski definition) is 1. The fourth-order valence-electron chi connectivity index (χ4n) is 1.39. The first kappa shape index (κ1) is 11.9. The van der Waals surface area contributed by atoms with E-state index in [1.165, 1.54) is 12.1 Å². The second-order valence-corrected chi connectivity index (χ2v) is 3.27. The van der Waals surface area contributed by atoms with Gasteiger partial charge < -0.3 is 9.84 Å². The van der Waals surface area contributed by atoms with E-state index in [0.29, 0.717) is 17.9 Å². The topological polar surface area (TPSA) is 29.5 Å². The third-order valence-electron chi connectivity index (χ3n) is 2.10. The Labute approximate surface area is 87.5 Å². The predicted molar refractivity (Wildman–Crippen MR) is 53.3 cm³/mol. The van der Waals surface area contributed by atoms with E-state index in [0.717, 1.165) is 0 Å². The van der Waals surface area contributed by atoms with E-state index >= 15 is 0 Å². The molecule has 0 saturated carbocycles. The molecule has 0 aliphatic heterocycles. The molecule has 0 fully saturated rings. The Balaban J connectivity index is 3.03. The Morgan fingerprint density at radius 3 is 2.53 bits per heavy atom. The van der Waals surface area contributed by atoms with E-state index in [9.17, 15) is 8.78 Å². The maximum atomic E-state index is 13.2. The van der Waals surface area contributed by atoms with Crippen molar-refractivity contribution in [1.29, 1.82) is 0 Å². The molecule has 0 aliphatic rings. The highest BCUT2D eigenvalue weighted by molar-refractivity contribution is 5.37. The van der Waals surface area contributed by atoms with Gasteiger partial charge in [-0.3, -0.25) is 0 Å². The number of rotatable bonds is 4. The monoisotopic (exact) mass is 216 g/mol. The lowest BCUT2D eigenvalue weighted by molar-refractivity contribution is -0.0561. The van der Waals surface area contributed by atoms with Crippen LogP contribution in [0, 0.1) is 6.92 Å². The highest BCUT2D eigenvalue weighted by Gasteiger charge is 2.32. The van der Waals surface area contributed by atoms with Gasteiger partial charge in [-0.15, -0.1) is 0 Å². The van der Waals surface area contributed by atoms with E-state index < -0.39 is 12.5 Å². The lowest BCUT2D eigenvalue weighted by atomic mass is 10.0. The Kier molecular flexibility index (Phi) is 3.63. The number of aliphatic hydroxyl groups excluding tert-OH is 1. The van der Waals surface area contributed by atoms with Gasteiger partial charge in [0.05, 0.1) is 6.61 Å². The quantitative estimate of drug-likeness (QED) is 0.837. The summed E-state index contributed by atoms with van der Waals surface area (Å²) in [7, 11) is 0. The molecule has 0 radical (unpaired) electrons. The summed E-state index contributed by atoms with van der Waals surface area (Å²) >= 11 is 0. The van der Waals surface area contributed by atoms with Gasteiger partial charge in [0.1, 0.15) is 12.4 Å². The molecule has 0 bridgehead atoms. The summed E-state index contributed by atoms with van der Waals surface area (Å²) in [6.45, 7) is 2.71. The zero-order valence-corrected chi connectivity index (χ0v) is 8.76. The molecule has 0 unspecified atom stereocenters. The molecule has 0 heterocycles. The fraction of sp³-hybridized carbons (Fsp3) is 0.455. The summed E-state index contributed by atoms with van der Waals surface area (Å²) in [6.07, 6.45) is 0. The maximum Gasteiger partial charge on any atom is 0.296 e. The van der Waals surface area contributed by atoms with Gasteiger partial charge in [-0.05, 0) is 37.6 Å². The van der Waals surface area contributed by atoms with Gasteiger partial charge >= 0.3 is 0 Å². The molecule has 1 aromatic rings. The summed E-state index contributed by atoms with van der Waals surface area (Å²) in [4.78, 5) is 0. The van der Waals surface area contributed by atoms with Gasteiger partial charge in [0.2, 0.25) is 0 Å². The molecule has 0 spiro atoms. The molecule has 1 N–H and O–H groups in total. The second-order valence-electron chi connectivity index (χ2n) is 3.27. The lowest BCUT2D eigenvalue weighted by Crippen LogP contribution is -2.19. The number of ether oxygens (including phenoxy) is 1. The van der Waals surface area contributed by atoms with Crippen LogP contribution in [-0.2, 0) is 5.92 Å². The van der Waals surface area contributed by atoms with E-state index in [1.54, 1.807) is 13.0 Å². The fourth-order valence-corrected chi connectivity index (χ4v) is 1.39. The van der Waals surface area contributed by atoms with Crippen molar-refractivity contribution in [3.05, 3.63) is 29.3 Å². The average molecular weight is 216 g/mol. The predicted octanol–water partition coefficient (Wildman–Crippen LogP) is 2.48. The molecule has 1 rings (SSSR count). The molecule has 0 saturated heterocycles. The third kappa shape index (κ3) is 2.65. The van der Waals surface area contributed by atoms with E-state index in [2.05, 4.69) is 0 Å². The van der Waals surface area contributed by atoms with Crippen molar-refractivity contribution in [2.75, 3.05) is 13.2 Å². The molecule has 4 heteroatoms. The largest absolute Gasteiger partial charge is 0.494 e. The number of halogens is 2. The average Bonchev–Trinajstić information content (AvgIpc) is 2.18. The van der Waals surface area contributed by atoms with Crippen molar-refractivity contribution in [2.24, 2.45) is 0 Å². The normalized spacial score (nSPS) is 11.5. The molecule has 0 aromatic heterocycles. The molecule has 2 nitrogen and oxygen atoms in total. The van der Waals surface area contributed by atoms with Gasteiger partial charge in [-0.2, -0.15) is 8.78 Å². The standard InChI is InChI=1S/C11H14F2O2/c1-3-15-9-4-5-10(8(2)6-9)11(12,13)7-14/h4-6,14H,3,7H2,1-2H3. The van der Waals surface area contributed by atoms with Crippen LogP contribution in [0.1, 0.15) is 18.1 Å². The highest BCUT2D eigenvalue weighted by Crippen LogP contribution is 2.31. The summed E-state index contributed by atoms with van der Waals surface area (Å²) < 4.78 is 31.5. The van der Waals surface area contributed by atoms with Crippen molar-refractivity contribution >= 4 is 0 Å². The van der Waals surface area contributed by atoms with Crippen molar-refractivity contribution in [3.63, 3.8) is 0 Å². The Morgan fingerprint density at radius 2 is 2.07 bits per heavy atom. The van der Waals surface area contributed by atoms with Crippen LogP contribution in [0.2, 0.25) is 0 Å². The smallest absolute Gasteiger partial charge is 0.296 e. The zero-order chi connectivity index (χ0) is 11.5. The SMILES string of the molecule is CCOc1ccc(C(F)(F)CO)c(C)c1. The molecule has 0 amide bonds. The van der Waals surface area contributed by atoms with Crippen LogP contribution >= 0.6 is 0 Å². The first-order chi connectivity index (χ1) is 7.01. The Morgan fingerprint density at radius 1 is 1.40 bits per heavy atom. The molecule has 0 atom stereocenters. The van der Waals surface area contributed by atoms with Gasteiger partial charge in [0.25, 0.3) is 5.92 Å². The van der Waals surface area contributed by atoms with Crippen LogP contribution in [0.4, 0.5) is 8.78 Å². The van der Waals surface area contributed by atoms with Gasteiger partial charge in [0.15, 0.2) is 0 Å². The van der Waals surface area contributed by atoms with E-state index in [4.69, 9.17) is 9.84 Å². The second kappa shape index (κ2) is 4.57. The maximum absolute atomic E-state index is 13.2. The van der Waals surface area contributed by atoms with Crippen LogP contribution in [0.3, 0.4) is 0 Å². The van der Waals surface area contributed by atoms with Gasteiger partial charge in [-0.1, -0.05) is 0 Å². The Hall–Kier alpha value is -1.16. The van der Waals surface area contributed by atoms with Crippen molar-refractivity contribution in [2.45, 2.75) is 19.8 Å². The summed E-state index contributed by atoms with van der Waals surface area (Å²) in [5.41, 5.74) is 0.258. The van der Waals surface area contributed by atoms with Crippen LogP contribution < -0.4 is 4.74 Å². The van der Waals surface area contributed by atoms with Crippen LogP contribution in [0.15, 0.2) is 18.2 Å². The number of alkyl halides is 2. The lowest BCUT2D eigenvalue weighted by Gasteiger charge is -2.16. The van der Waals surface area contributed by atoms with Gasteiger partial charge in [-0.25, -0.2) is 0 Å².